The Kier molecular flexibility index (Phi) is 5.70. The molecule has 21 heavy (non-hydrogen) atoms. The molecule has 1 unspecified atom stereocenters. The molecule has 0 fully saturated rings. The normalized spacial score (nSPS) is 12.1. The minimum absolute atomic E-state index is 0.0139. The Morgan fingerprint density at radius 2 is 1.67 bits per heavy atom. The highest BCUT2D eigenvalue weighted by molar-refractivity contribution is 5.96. The summed E-state index contributed by atoms with van der Waals surface area (Å²) in [6, 6.07) is 18.1. The Hall–Kier alpha value is -1.93. The molecule has 0 saturated carbocycles. The van der Waals surface area contributed by atoms with Gasteiger partial charge in [0.15, 0.2) is 5.78 Å². The quantitative estimate of drug-likeness (QED) is 0.607. The van der Waals surface area contributed by atoms with E-state index < -0.39 is 0 Å². The molecule has 0 amide bonds. The van der Waals surface area contributed by atoms with Crippen LogP contribution in [0.1, 0.15) is 53.7 Å². The van der Waals surface area contributed by atoms with Crippen LogP contribution in [0, 0.1) is 0 Å². The lowest BCUT2D eigenvalue weighted by Crippen LogP contribution is -2.06. The van der Waals surface area contributed by atoms with Gasteiger partial charge in [-0.2, -0.15) is 0 Å². The highest BCUT2D eigenvalue weighted by atomic mass is 16.1. The maximum atomic E-state index is 12.1. The smallest absolute Gasteiger partial charge is 0.162 e. The first kappa shape index (κ1) is 15.5. The Morgan fingerprint density at radius 1 is 1.00 bits per heavy atom. The number of Topliss-reactive ketones (excluding diaryl/α,β-unsaturated/α-hetero) is 1. The zero-order chi connectivity index (χ0) is 15.1. The lowest BCUT2D eigenvalue weighted by molar-refractivity contribution is 0.0979. The van der Waals surface area contributed by atoms with Gasteiger partial charge < -0.3 is 5.73 Å². The zero-order valence-corrected chi connectivity index (χ0v) is 12.6. The lowest BCUT2D eigenvalue weighted by Gasteiger charge is -2.06. The summed E-state index contributed by atoms with van der Waals surface area (Å²) in [6.45, 7) is 1.94. The van der Waals surface area contributed by atoms with Crippen molar-refractivity contribution in [3.63, 3.8) is 0 Å². The minimum Gasteiger partial charge on any atom is -0.324 e. The third kappa shape index (κ3) is 4.83. The predicted molar refractivity (Wildman–Crippen MR) is 87.4 cm³/mol. The minimum atomic E-state index is 0.0139. The van der Waals surface area contributed by atoms with Crippen LogP contribution in [-0.4, -0.2) is 5.78 Å². The Balaban J connectivity index is 1.76. The number of aryl methyl sites for hydroxylation is 1. The predicted octanol–water partition coefficient (Wildman–Crippen LogP) is 4.30. The number of benzene rings is 2. The van der Waals surface area contributed by atoms with Crippen LogP contribution in [0.2, 0.25) is 0 Å². The molecule has 0 aliphatic carbocycles. The average Bonchev–Trinajstić information content (AvgIpc) is 2.52. The fraction of sp³-hybridized carbons (Fsp3) is 0.316. The SMILES string of the molecule is CC(N)c1ccc(C(=O)CCCCc2ccccc2)cc1. The summed E-state index contributed by atoms with van der Waals surface area (Å²) < 4.78 is 0. The first-order chi connectivity index (χ1) is 10.2. The molecule has 0 heterocycles. The molecule has 2 aromatic rings. The number of ketones is 1. The maximum Gasteiger partial charge on any atom is 0.162 e. The summed E-state index contributed by atoms with van der Waals surface area (Å²) in [5.74, 6) is 0.222. The maximum absolute atomic E-state index is 12.1. The number of hydrogen-bond donors (Lipinski definition) is 1. The molecule has 2 aromatic carbocycles. The van der Waals surface area contributed by atoms with E-state index in [0.717, 1.165) is 30.4 Å². The van der Waals surface area contributed by atoms with E-state index in [1.807, 2.05) is 37.3 Å². The van der Waals surface area contributed by atoms with Crippen LogP contribution in [-0.2, 0) is 6.42 Å². The highest BCUT2D eigenvalue weighted by Gasteiger charge is 2.06. The standard InChI is InChI=1S/C19H23NO/c1-15(20)17-11-13-18(14-12-17)19(21)10-6-5-9-16-7-3-2-4-8-16/h2-4,7-8,11-15H,5-6,9-10,20H2,1H3. The molecule has 0 aliphatic rings. The molecule has 0 aliphatic heterocycles. The van der Waals surface area contributed by atoms with E-state index >= 15 is 0 Å². The summed E-state index contributed by atoms with van der Waals surface area (Å²) >= 11 is 0. The zero-order valence-electron chi connectivity index (χ0n) is 12.6. The summed E-state index contributed by atoms with van der Waals surface area (Å²) in [5.41, 5.74) is 9.00. The molecule has 0 bridgehead atoms. The lowest BCUT2D eigenvalue weighted by atomic mass is 10.0. The second-order valence-electron chi connectivity index (χ2n) is 5.53. The van der Waals surface area contributed by atoms with E-state index in [2.05, 4.69) is 24.3 Å². The first-order valence-corrected chi connectivity index (χ1v) is 7.59. The highest BCUT2D eigenvalue weighted by Crippen LogP contribution is 2.14. The topological polar surface area (TPSA) is 43.1 Å². The molecule has 0 aromatic heterocycles. The van der Waals surface area contributed by atoms with Crippen molar-refractivity contribution in [1.29, 1.82) is 0 Å². The molecule has 2 N–H and O–H groups in total. The van der Waals surface area contributed by atoms with Crippen molar-refractivity contribution in [2.75, 3.05) is 0 Å². The van der Waals surface area contributed by atoms with E-state index in [1.54, 1.807) is 0 Å². The van der Waals surface area contributed by atoms with Crippen LogP contribution < -0.4 is 5.73 Å². The summed E-state index contributed by atoms with van der Waals surface area (Å²) in [6.07, 6.45) is 3.64. The van der Waals surface area contributed by atoms with Crippen molar-refractivity contribution in [3.05, 3.63) is 71.3 Å². The number of carbonyl (C=O) groups excluding carboxylic acids is 1. The van der Waals surface area contributed by atoms with Gasteiger partial charge >= 0.3 is 0 Å². The average molecular weight is 281 g/mol. The van der Waals surface area contributed by atoms with Gasteiger partial charge in [-0.05, 0) is 37.3 Å². The summed E-state index contributed by atoms with van der Waals surface area (Å²) in [5, 5.41) is 0. The van der Waals surface area contributed by atoms with Crippen LogP contribution in [0.4, 0.5) is 0 Å². The van der Waals surface area contributed by atoms with Crippen LogP contribution in [0.15, 0.2) is 54.6 Å². The van der Waals surface area contributed by atoms with Crippen LogP contribution in [0.5, 0.6) is 0 Å². The van der Waals surface area contributed by atoms with Crippen LogP contribution in [0.25, 0.3) is 0 Å². The van der Waals surface area contributed by atoms with Crippen LogP contribution >= 0.6 is 0 Å². The van der Waals surface area contributed by atoms with Gasteiger partial charge in [-0.25, -0.2) is 0 Å². The monoisotopic (exact) mass is 281 g/mol. The Bertz CT molecular complexity index is 558. The van der Waals surface area contributed by atoms with E-state index in [0.29, 0.717) is 6.42 Å². The molecule has 2 heteroatoms. The molecular formula is C19H23NO. The number of nitrogens with two attached hydrogens (primary N) is 1. The van der Waals surface area contributed by atoms with Crippen molar-refractivity contribution in [2.24, 2.45) is 5.73 Å². The van der Waals surface area contributed by atoms with Gasteiger partial charge in [-0.1, -0.05) is 54.6 Å². The second-order valence-corrected chi connectivity index (χ2v) is 5.53. The number of unbranched alkanes of at least 4 members (excludes halogenated alkanes) is 1. The van der Waals surface area contributed by atoms with Crippen molar-refractivity contribution in [1.82, 2.24) is 0 Å². The number of rotatable bonds is 7. The molecule has 0 radical (unpaired) electrons. The van der Waals surface area contributed by atoms with Crippen molar-refractivity contribution in [3.8, 4) is 0 Å². The van der Waals surface area contributed by atoms with Crippen molar-refractivity contribution < 1.29 is 4.79 Å². The first-order valence-electron chi connectivity index (χ1n) is 7.59. The molecule has 2 nitrogen and oxygen atoms in total. The van der Waals surface area contributed by atoms with Crippen molar-refractivity contribution >= 4 is 5.78 Å². The molecule has 0 saturated heterocycles. The molecule has 110 valence electrons. The Labute approximate surface area is 127 Å². The third-order valence-electron chi connectivity index (χ3n) is 3.72. The fourth-order valence-electron chi connectivity index (χ4n) is 2.38. The molecule has 1 atom stereocenters. The van der Waals surface area contributed by atoms with E-state index in [-0.39, 0.29) is 11.8 Å². The van der Waals surface area contributed by atoms with Gasteiger partial charge in [0, 0.05) is 18.0 Å². The van der Waals surface area contributed by atoms with Gasteiger partial charge in [0.05, 0.1) is 0 Å². The van der Waals surface area contributed by atoms with E-state index in [1.165, 1.54) is 5.56 Å². The van der Waals surface area contributed by atoms with Gasteiger partial charge in [0.25, 0.3) is 0 Å². The van der Waals surface area contributed by atoms with Gasteiger partial charge in [-0.3, -0.25) is 4.79 Å². The third-order valence-corrected chi connectivity index (χ3v) is 3.72. The summed E-state index contributed by atoms with van der Waals surface area (Å²) in [7, 11) is 0. The fourth-order valence-corrected chi connectivity index (χ4v) is 2.38. The summed E-state index contributed by atoms with van der Waals surface area (Å²) in [4.78, 5) is 12.1. The van der Waals surface area contributed by atoms with E-state index in [9.17, 15) is 4.79 Å². The van der Waals surface area contributed by atoms with Crippen molar-refractivity contribution in [2.45, 2.75) is 38.6 Å². The van der Waals surface area contributed by atoms with E-state index in [4.69, 9.17) is 5.73 Å². The molecule has 0 spiro atoms. The van der Waals surface area contributed by atoms with Gasteiger partial charge in [-0.15, -0.1) is 0 Å². The van der Waals surface area contributed by atoms with Crippen LogP contribution in [0.3, 0.4) is 0 Å². The Morgan fingerprint density at radius 3 is 2.29 bits per heavy atom. The number of hydrogen-bond acceptors (Lipinski definition) is 2. The second kappa shape index (κ2) is 7.75. The van der Waals surface area contributed by atoms with Gasteiger partial charge in [0.2, 0.25) is 0 Å². The van der Waals surface area contributed by atoms with Gasteiger partial charge in [0.1, 0.15) is 0 Å². The number of carbonyl (C=O) groups is 1. The largest absolute Gasteiger partial charge is 0.324 e. The molecular weight excluding hydrogens is 258 g/mol. The molecule has 2 rings (SSSR count).